The minimum atomic E-state index is -1.07. The fraction of sp³-hybridized carbons (Fsp3) is 0. The first-order chi connectivity index (χ1) is 8.50. The van der Waals surface area contributed by atoms with Crippen LogP contribution in [0.3, 0.4) is 0 Å². The van der Waals surface area contributed by atoms with Gasteiger partial charge in [-0.1, -0.05) is 17.7 Å². The van der Waals surface area contributed by atoms with Crippen LogP contribution in [-0.2, 0) is 0 Å². The quantitative estimate of drug-likeness (QED) is 0.688. The third-order valence-electron chi connectivity index (χ3n) is 2.35. The minimum Gasteiger partial charge on any atom is -0.478 e. The summed E-state index contributed by atoms with van der Waals surface area (Å²) < 4.78 is 0. The largest absolute Gasteiger partial charge is 0.478 e. The number of nitro groups is 1. The Hall–Kier alpha value is -1.92. The van der Waals surface area contributed by atoms with E-state index >= 15 is 0 Å². The number of carboxylic acids is 1. The molecule has 0 amide bonds. The summed E-state index contributed by atoms with van der Waals surface area (Å²) in [5.74, 6) is -1.07. The molecule has 0 aliphatic rings. The summed E-state index contributed by atoms with van der Waals surface area (Å²) in [6, 6.07) is 4.22. The molecule has 1 N–H and O–H groups in total. The fourth-order valence-corrected chi connectivity index (χ4v) is 2.52. The van der Waals surface area contributed by atoms with Crippen molar-refractivity contribution in [1.82, 2.24) is 0 Å². The average Bonchev–Trinajstić information content (AvgIpc) is 2.78. The predicted molar refractivity (Wildman–Crippen MR) is 68.4 cm³/mol. The Labute approximate surface area is 110 Å². The molecule has 1 heterocycles. The molecule has 0 fully saturated rings. The van der Waals surface area contributed by atoms with Crippen molar-refractivity contribution in [3.05, 3.63) is 49.7 Å². The molecule has 0 saturated carbocycles. The van der Waals surface area contributed by atoms with Crippen LogP contribution in [-0.4, -0.2) is 16.0 Å². The van der Waals surface area contributed by atoms with Crippen LogP contribution in [0.25, 0.3) is 11.1 Å². The van der Waals surface area contributed by atoms with Gasteiger partial charge in [-0.3, -0.25) is 10.1 Å². The van der Waals surface area contributed by atoms with Crippen LogP contribution in [0.1, 0.15) is 10.4 Å². The van der Waals surface area contributed by atoms with Crippen molar-refractivity contribution in [3.63, 3.8) is 0 Å². The first kappa shape index (κ1) is 12.5. The maximum atomic E-state index is 11.0. The molecule has 0 unspecified atom stereocenters. The molecule has 0 aliphatic heterocycles. The number of halogens is 1. The fourth-order valence-electron chi connectivity index (χ4n) is 1.51. The van der Waals surface area contributed by atoms with Crippen LogP contribution < -0.4 is 0 Å². The van der Waals surface area contributed by atoms with Gasteiger partial charge in [0.2, 0.25) is 0 Å². The number of thiophene rings is 1. The first-order valence-corrected chi connectivity index (χ1v) is 6.06. The van der Waals surface area contributed by atoms with Crippen LogP contribution in [0, 0.1) is 10.1 Å². The standard InChI is InChI=1S/C11H6ClNO4S/c12-9-2-1-6(3-10(9)13(16)17)7-4-18-5-8(7)11(14)15/h1-5H,(H,14,15). The van der Waals surface area contributed by atoms with E-state index in [0.717, 1.165) is 0 Å². The van der Waals surface area contributed by atoms with Crippen molar-refractivity contribution in [1.29, 1.82) is 0 Å². The van der Waals surface area contributed by atoms with E-state index in [0.29, 0.717) is 11.1 Å². The van der Waals surface area contributed by atoms with Crippen molar-refractivity contribution in [2.45, 2.75) is 0 Å². The predicted octanol–water partition coefficient (Wildman–Crippen LogP) is 3.67. The summed E-state index contributed by atoms with van der Waals surface area (Å²) in [4.78, 5) is 21.2. The highest BCUT2D eigenvalue weighted by molar-refractivity contribution is 7.08. The summed E-state index contributed by atoms with van der Waals surface area (Å²) in [5, 5.41) is 22.9. The Bertz CT molecular complexity index is 638. The molecule has 0 radical (unpaired) electrons. The van der Waals surface area contributed by atoms with E-state index in [1.807, 2.05) is 0 Å². The van der Waals surface area contributed by atoms with Crippen molar-refractivity contribution in [3.8, 4) is 11.1 Å². The number of hydrogen-bond donors (Lipinski definition) is 1. The number of aromatic carboxylic acids is 1. The van der Waals surface area contributed by atoms with Crippen LogP contribution in [0.2, 0.25) is 5.02 Å². The second-order valence-corrected chi connectivity index (χ2v) is 4.58. The molecule has 92 valence electrons. The molecule has 2 aromatic rings. The average molecular weight is 284 g/mol. The van der Waals surface area contributed by atoms with E-state index in [2.05, 4.69) is 0 Å². The molecular weight excluding hydrogens is 278 g/mol. The molecule has 1 aromatic heterocycles. The summed E-state index contributed by atoms with van der Waals surface area (Å²) in [7, 11) is 0. The smallest absolute Gasteiger partial charge is 0.337 e. The van der Waals surface area contributed by atoms with Crippen LogP contribution >= 0.6 is 22.9 Å². The molecule has 5 nitrogen and oxygen atoms in total. The summed E-state index contributed by atoms with van der Waals surface area (Å²) in [5.41, 5.74) is 0.797. The Morgan fingerprint density at radius 2 is 2.11 bits per heavy atom. The maximum absolute atomic E-state index is 11.0. The SMILES string of the molecule is O=C(O)c1cscc1-c1ccc(Cl)c([N+](=O)[O-])c1. The molecule has 0 aliphatic carbocycles. The van der Waals surface area contributed by atoms with Gasteiger partial charge >= 0.3 is 5.97 Å². The van der Waals surface area contributed by atoms with Gasteiger partial charge in [0.05, 0.1) is 10.5 Å². The Kier molecular flexibility index (Phi) is 3.31. The minimum absolute atomic E-state index is 0.0239. The third-order valence-corrected chi connectivity index (χ3v) is 3.41. The lowest BCUT2D eigenvalue weighted by atomic mass is 10.0. The Morgan fingerprint density at radius 1 is 1.39 bits per heavy atom. The van der Waals surface area contributed by atoms with Gasteiger partial charge in [-0.2, -0.15) is 11.3 Å². The highest BCUT2D eigenvalue weighted by atomic mass is 35.5. The molecule has 0 spiro atoms. The number of rotatable bonds is 3. The molecule has 18 heavy (non-hydrogen) atoms. The van der Waals surface area contributed by atoms with Crippen molar-refractivity contribution in [2.24, 2.45) is 0 Å². The molecule has 0 atom stereocenters. The van der Waals surface area contributed by atoms with E-state index in [9.17, 15) is 14.9 Å². The Morgan fingerprint density at radius 3 is 2.72 bits per heavy atom. The first-order valence-electron chi connectivity index (χ1n) is 4.74. The van der Waals surface area contributed by atoms with E-state index < -0.39 is 10.9 Å². The zero-order valence-electron chi connectivity index (χ0n) is 8.79. The lowest BCUT2D eigenvalue weighted by molar-refractivity contribution is -0.384. The maximum Gasteiger partial charge on any atom is 0.337 e. The zero-order chi connectivity index (χ0) is 13.3. The zero-order valence-corrected chi connectivity index (χ0v) is 10.4. The van der Waals surface area contributed by atoms with Gasteiger partial charge in [0.25, 0.3) is 5.69 Å². The number of carbonyl (C=O) groups is 1. The van der Waals surface area contributed by atoms with Gasteiger partial charge < -0.3 is 5.11 Å². The van der Waals surface area contributed by atoms with Gasteiger partial charge in [0.15, 0.2) is 0 Å². The second-order valence-electron chi connectivity index (χ2n) is 3.43. The molecule has 1 aromatic carbocycles. The van der Waals surface area contributed by atoms with Crippen molar-refractivity contribution in [2.75, 3.05) is 0 Å². The van der Waals surface area contributed by atoms with E-state index in [4.69, 9.17) is 16.7 Å². The van der Waals surface area contributed by atoms with E-state index in [1.54, 1.807) is 11.4 Å². The molecule has 0 bridgehead atoms. The van der Waals surface area contributed by atoms with Gasteiger partial charge in [-0.25, -0.2) is 4.79 Å². The Balaban J connectivity index is 2.58. The van der Waals surface area contributed by atoms with E-state index in [1.165, 1.54) is 28.8 Å². The lowest BCUT2D eigenvalue weighted by Crippen LogP contribution is -1.96. The van der Waals surface area contributed by atoms with Crippen molar-refractivity contribution >= 4 is 34.6 Å². The summed E-state index contributed by atoms with van der Waals surface area (Å²) in [6.07, 6.45) is 0. The monoisotopic (exact) mass is 283 g/mol. The topological polar surface area (TPSA) is 80.4 Å². The van der Waals surface area contributed by atoms with E-state index in [-0.39, 0.29) is 16.3 Å². The van der Waals surface area contributed by atoms with Crippen molar-refractivity contribution < 1.29 is 14.8 Å². The highest BCUT2D eigenvalue weighted by Crippen LogP contribution is 2.33. The molecule has 7 heteroatoms. The molecule has 0 saturated heterocycles. The third kappa shape index (κ3) is 2.20. The normalized spacial score (nSPS) is 10.3. The molecule has 2 rings (SSSR count). The van der Waals surface area contributed by atoms with Gasteiger partial charge in [-0.15, -0.1) is 0 Å². The highest BCUT2D eigenvalue weighted by Gasteiger charge is 2.17. The number of carboxylic acid groups (broad SMARTS) is 1. The number of nitro benzene ring substituents is 1. The van der Waals surface area contributed by atoms with Gasteiger partial charge in [0, 0.05) is 17.0 Å². The molecular formula is C11H6ClNO4S. The number of nitrogens with zero attached hydrogens (tertiary/aromatic N) is 1. The summed E-state index contributed by atoms with van der Waals surface area (Å²) in [6.45, 7) is 0. The summed E-state index contributed by atoms with van der Waals surface area (Å²) >= 11 is 6.92. The van der Waals surface area contributed by atoms with Crippen LogP contribution in [0.4, 0.5) is 5.69 Å². The number of benzene rings is 1. The van der Waals surface area contributed by atoms with Crippen LogP contribution in [0.5, 0.6) is 0 Å². The van der Waals surface area contributed by atoms with Crippen LogP contribution in [0.15, 0.2) is 29.0 Å². The lowest BCUT2D eigenvalue weighted by Gasteiger charge is -2.02. The van der Waals surface area contributed by atoms with Gasteiger partial charge in [0.1, 0.15) is 5.02 Å². The number of hydrogen-bond acceptors (Lipinski definition) is 4. The van der Waals surface area contributed by atoms with Gasteiger partial charge in [-0.05, 0) is 17.0 Å². The second kappa shape index (κ2) is 4.75.